The van der Waals surface area contributed by atoms with Gasteiger partial charge in [0.05, 0.1) is 40.3 Å². The normalized spacial score (nSPS) is 10.9. The van der Waals surface area contributed by atoms with E-state index in [0.717, 1.165) is 11.3 Å². The molecule has 1 amide bonds. The third-order valence-corrected chi connectivity index (χ3v) is 5.36. The second-order valence-electron chi connectivity index (χ2n) is 8.18. The van der Waals surface area contributed by atoms with Gasteiger partial charge in [-0.05, 0) is 51.1 Å². The fraction of sp³-hybridized carbons (Fsp3) is 0.160. The minimum atomic E-state index is -0.817. The van der Waals surface area contributed by atoms with E-state index in [1.54, 1.807) is 62.8 Å². The number of amides is 1. The van der Waals surface area contributed by atoms with Crippen LogP contribution in [0.1, 0.15) is 41.2 Å². The molecule has 0 radical (unpaired) electrons. The zero-order chi connectivity index (χ0) is 24.3. The summed E-state index contributed by atoms with van der Waals surface area (Å²) in [5, 5.41) is 28.6. The molecule has 0 aliphatic rings. The van der Waals surface area contributed by atoms with Gasteiger partial charge in [0.1, 0.15) is 11.8 Å². The summed E-state index contributed by atoms with van der Waals surface area (Å²) in [6.07, 6.45) is 6.33. The molecule has 9 heteroatoms. The molecule has 0 atom stereocenters. The van der Waals surface area contributed by atoms with Gasteiger partial charge in [-0.1, -0.05) is 0 Å². The maximum atomic E-state index is 12.9. The number of pyridine rings is 3. The number of anilines is 1. The zero-order valence-electron chi connectivity index (χ0n) is 18.8. The Labute approximate surface area is 196 Å². The molecule has 0 fully saturated rings. The van der Waals surface area contributed by atoms with Gasteiger partial charge in [0.15, 0.2) is 0 Å². The molecular formula is C25H20N8O. The second kappa shape index (κ2) is 8.93. The number of nitrogens with zero attached hydrogens (tertiary/aromatic N) is 6. The van der Waals surface area contributed by atoms with Gasteiger partial charge in [-0.2, -0.15) is 15.6 Å². The predicted octanol–water partition coefficient (Wildman–Crippen LogP) is 4.16. The van der Waals surface area contributed by atoms with Crippen molar-refractivity contribution in [2.24, 2.45) is 0 Å². The van der Waals surface area contributed by atoms with Crippen LogP contribution in [0.15, 0.2) is 55.1 Å². The number of H-pyrrole nitrogens is 1. The van der Waals surface area contributed by atoms with Gasteiger partial charge < -0.3 is 5.32 Å². The summed E-state index contributed by atoms with van der Waals surface area (Å²) >= 11 is 0. The van der Waals surface area contributed by atoms with Gasteiger partial charge in [-0.15, -0.1) is 0 Å². The molecule has 9 nitrogen and oxygen atoms in total. The summed E-state index contributed by atoms with van der Waals surface area (Å²) in [6.45, 7) is 5.33. The number of nitriles is 2. The summed E-state index contributed by atoms with van der Waals surface area (Å²) in [4.78, 5) is 25.9. The highest BCUT2D eigenvalue weighted by Crippen LogP contribution is 2.29. The Balaban J connectivity index is 1.64. The first-order chi connectivity index (χ1) is 16.3. The first kappa shape index (κ1) is 22.3. The highest BCUT2D eigenvalue weighted by atomic mass is 16.1. The van der Waals surface area contributed by atoms with Crippen molar-refractivity contribution in [2.45, 2.75) is 26.2 Å². The monoisotopic (exact) mass is 448 g/mol. The maximum absolute atomic E-state index is 12.9. The average molecular weight is 448 g/mol. The second-order valence-corrected chi connectivity index (χ2v) is 8.18. The van der Waals surface area contributed by atoms with Crippen molar-refractivity contribution in [3.63, 3.8) is 0 Å². The molecule has 34 heavy (non-hydrogen) atoms. The Bertz CT molecular complexity index is 1460. The van der Waals surface area contributed by atoms with E-state index in [1.807, 2.05) is 6.92 Å². The van der Waals surface area contributed by atoms with Crippen LogP contribution in [0.2, 0.25) is 0 Å². The van der Waals surface area contributed by atoms with Gasteiger partial charge in [0, 0.05) is 41.0 Å². The van der Waals surface area contributed by atoms with Crippen LogP contribution in [-0.4, -0.2) is 31.1 Å². The third-order valence-electron chi connectivity index (χ3n) is 5.36. The molecule has 0 aliphatic carbocycles. The Morgan fingerprint density at radius 2 is 1.88 bits per heavy atom. The Morgan fingerprint density at radius 3 is 2.59 bits per heavy atom. The van der Waals surface area contributed by atoms with E-state index in [1.165, 1.54) is 6.20 Å². The Kier molecular flexibility index (Phi) is 5.86. The van der Waals surface area contributed by atoms with Gasteiger partial charge >= 0.3 is 0 Å². The van der Waals surface area contributed by atoms with Crippen molar-refractivity contribution in [3.8, 4) is 34.7 Å². The molecular weight excluding hydrogens is 428 g/mol. The number of aryl methyl sites for hydroxylation is 1. The number of aromatic nitrogens is 5. The molecule has 0 saturated carbocycles. The lowest BCUT2D eigenvalue weighted by Gasteiger charge is -2.15. The lowest BCUT2D eigenvalue weighted by Crippen LogP contribution is -2.18. The maximum Gasteiger partial charge on any atom is 0.255 e. The van der Waals surface area contributed by atoms with Crippen molar-refractivity contribution in [1.82, 2.24) is 25.1 Å². The lowest BCUT2D eigenvalue weighted by molar-refractivity contribution is 0.102. The molecule has 0 spiro atoms. The third kappa shape index (κ3) is 4.36. The van der Waals surface area contributed by atoms with Crippen molar-refractivity contribution >= 4 is 11.6 Å². The number of aromatic amines is 1. The lowest BCUT2D eigenvalue weighted by atomic mass is 9.90. The molecule has 0 aromatic carbocycles. The van der Waals surface area contributed by atoms with E-state index < -0.39 is 5.41 Å². The van der Waals surface area contributed by atoms with Crippen LogP contribution in [0.25, 0.3) is 22.5 Å². The fourth-order valence-electron chi connectivity index (χ4n) is 3.37. The summed E-state index contributed by atoms with van der Waals surface area (Å²) in [6, 6.07) is 12.8. The topological polar surface area (TPSA) is 144 Å². The summed E-state index contributed by atoms with van der Waals surface area (Å²) in [7, 11) is 0. The van der Waals surface area contributed by atoms with E-state index in [4.69, 9.17) is 0 Å². The average Bonchev–Trinajstić information content (AvgIpc) is 3.39. The number of hydrogen-bond donors (Lipinski definition) is 2. The highest BCUT2D eigenvalue weighted by Gasteiger charge is 2.22. The molecule has 4 aromatic rings. The van der Waals surface area contributed by atoms with Crippen LogP contribution >= 0.6 is 0 Å². The molecule has 0 aliphatic heterocycles. The summed E-state index contributed by atoms with van der Waals surface area (Å²) < 4.78 is 0. The van der Waals surface area contributed by atoms with Crippen LogP contribution < -0.4 is 5.32 Å². The van der Waals surface area contributed by atoms with E-state index in [0.29, 0.717) is 39.5 Å². The number of carbonyl (C=O) groups is 1. The molecule has 4 rings (SSSR count). The zero-order valence-corrected chi connectivity index (χ0v) is 18.8. The van der Waals surface area contributed by atoms with E-state index >= 15 is 0 Å². The van der Waals surface area contributed by atoms with Crippen LogP contribution in [0, 0.1) is 29.6 Å². The molecule has 0 bridgehead atoms. The van der Waals surface area contributed by atoms with Crippen LogP contribution in [0.5, 0.6) is 0 Å². The van der Waals surface area contributed by atoms with E-state index in [2.05, 4.69) is 42.6 Å². The van der Waals surface area contributed by atoms with Gasteiger partial charge in [0.2, 0.25) is 0 Å². The van der Waals surface area contributed by atoms with Crippen molar-refractivity contribution < 1.29 is 4.79 Å². The smallest absolute Gasteiger partial charge is 0.255 e. The fourth-order valence-corrected chi connectivity index (χ4v) is 3.37. The largest absolute Gasteiger partial charge is 0.321 e. The predicted molar refractivity (Wildman–Crippen MR) is 125 cm³/mol. The van der Waals surface area contributed by atoms with Crippen LogP contribution in [-0.2, 0) is 5.41 Å². The molecule has 0 unspecified atom stereocenters. The van der Waals surface area contributed by atoms with Crippen molar-refractivity contribution in [3.05, 3.63) is 77.6 Å². The van der Waals surface area contributed by atoms with Crippen LogP contribution in [0.3, 0.4) is 0 Å². The number of carbonyl (C=O) groups excluding carboxylic acids is 1. The van der Waals surface area contributed by atoms with E-state index in [9.17, 15) is 15.3 Å². The van der Waals surface area contributed by atoms with Crippen molar-refractivity contribution in [1.29, 1.82) is 10.5 Å². The number of hydrogen-bond acceptors (Lipinski definition) is 7. The molecule has 4 aromatic heterocycles. The number of nitrogens with one attached hydrogen (secondary N) is 2. The van der Waals surface area contributed by atoms with E-state index in [-0.39, 0.29) is 5.91 Å². The first-order valence-electron chi connectivity index (χ1n) is 10.4. The van der Waals surface area contributed by atoms with Crippen LogP contribution in [0.4, 0.5) is 5.69 Å². The van der Waals surface area contributed by atoms with Gasteiger partial charge in [-0.25, -0.2) is 0 Å². The number of rotatable bonds is 5. The highest BCUT2D eigenvalue weighted by molar-refractivity contribution is 6.04. The summed E-state index contributed by atoms with van der Waals surface area (Å²) in [5.74, 6) is -0.348. The minimum absolute atomic E-state index is 0.348. The standard InChI is InChI=1S/C25H20N8O/c1-15-20(18-8-17(11-26)23(30-12-18)21-5-7-31-33-21)10-19(13-29-15)32-24(34)16-4-6-28-22(9-16)25(2,3)14-27/h4-10,12-13H,1-3H3,(H,31,33)(H,32,34). The first-order valence-corrected chi connectivity index (χ1v) is 10.4. The Morgan fingerprint density at radius 1 is 1.06 bits per heavy atom. The molecule has 2 N–H and O–H groups in total. The van der Waals surface area contributed by atoms with Crippen molar-refractivity contribution in [2.75, 3.05) is 5.32 Å². The Hall–Kier alpha value is -4.89. The SMILES string of the molecule is Cc1ncc(NC(=O)c2ccnc(C(C)(C)C#N)c2)cc1-c1cnc(-c2ccn[nH]2)c(C#N)c1. The molecule has 4 heterocycles. The quantitative estimate of drug-likeness (QED) is 0.466. The minimum Gasteiger partial charge on any atom is -0.321 e. The van der Waals surface area contributed by atoms with Gasteiger partial charge in [-0.3, -0.25) is 24.8 Å². The van der Waals surface area contributed by atoms with Gasteiger partial charge in [0.25, 0.3) is 5.91 Å². The molecule has 0 saturated heterocycles. The summed E-state index contributed by atoms with van der Waals surface area (Å²) in [5.41, 5.74) is 4.26. The molecule has 166 valence electrons.